The first kappa shape index (κ1) is 21.5. The van der Waals surface area contributed by atoms with Crippen LogP contribution >= 0.6 is 11.3 Å². The quantitative estimate of drug-likeness (QED) is 0.575. The molecule has 31 heavy (non-hydrogen) atoms. The minimum Gasteiger partial charge on any atom is -0.492 e. The molecule has 0 aliphatic carbocycles. The summed E-state index contributed by atoms with van der Waals surface area (Å²) in [7, 11) is 1.98. The molecule has 1 fully saturated rings. The van der Waals surface area contributed by atoms with Gasteiger partial charge < -0.3 is 19.7 Å². The number of benzene rings is 1. The second kappa shape index (κ2) is 9.62. The lowest BCUT2D eigenvalue weighted by Crippen LogP contribution is -2.31. The highest BCUT2D eigenvalue weighted by molar-refractivity contribution is 7.20. The normalized spacial score (nSPS) is 15.9. The molecule has 1 aliphatic heterocycles. The van der Waals surface area contributed by atoms with Crippen LogP contribution in [0.1, 0.15) is 33.6 Å². The van der Waals surface area contributed by atoms with Crippen molar-refractivity contribution in [1.29, 1.82) is 0 Å². The number of fused-ring (bicyclic) bond motifs is 1. The molecule has 1 N–H and O–H groups in total. The topological polar surface area (TPSA) is 76.6 Å². The highest BCUT2D eigenvalue weighted by Gasteiger charge is 2.22. The maximum absolute atomic E-state index is 12.8. The van der Waals surface area contributed by atoms with Crippen molar-refractivity contribution in [2.45, 2.75) is 32.8 Å². The van der Waals surface area contributed by atoms with E-state index in [9.17, 15) is 4.79 Å². The molecule has 0 bridgehead atoms. The molecule has 3 heterocycles. The van der Waals surface area contributed by atoms with Crippen molar-refractivity contribution in [2.75, 3.05) is 38.3 Å². The predicted octanol–water partition coefficient (Wildman–Crippen LogP) is 3.73. The van der Waals surface area contributed by atoms with E-state index in [1.54, 1.807) is 6.33 Å². The molecule has 1 amide bonds. The summed E-state index contributed by atoms with van der Waals surface area (Å²) >= 11 is 1.41. The second-order valence-electron chi connectivity index (χ2n) is 7.86. The van der Waals surface area contributed by atoms with E-state index < -0.39 is 0 Å². The average molecular weight is 441 g/mol. The molecular formula is C23H28N4O3S. The molecule has 1 atom stereocenters. The van der Waals surface area contributed by atoms with Gasteiger partial charge >= 0.3 is 0 Å². The van der Waals surface area contributed by atoms with Crippen LogP contribution in [-0.2, 0) is 4.74 Å². The number of nitrogens with zero attached hydrogens (tertiary/aromatic N) is 3. The van der Waals surface area contributed by atoms with E-state index in [1.807, 2.05) is 43.1 Å². The molecule has 1 saturated heterocycles. The van der Waals surface area contributed by atoms with Crippen molar-refractivity contribution < 1.29 is 14.3 Å². The van der Waals surface area contributed by atoms with Gasteiger partial charge in [-0.05, 0) is 44.4 Å². The lowest BCUT2D eigenvalue weighted by atomic mass is 10.2. The fraction of sp³-hybridized carbons (Fsp3) is 0.435. The zero-order valence-electron chi connectivity index (χ0n) is 18.2. The molecule has 0 radical (unpaired) electrons. The van der Waals surface area contributed by atoms with Gasteiger partial charge in [0.2, 0.25) is 0 Å². The van der Waals surface area contributed by atoms with Crippen molar-refractivity contribution in [3.8, 4) is 5.75 Å². The van der Waals surface area contributed by atoms with Crippen LogP contribution in [-0.4, -0.2) is 55.3 Å². The molecule has 8 heteroatoms. The number of rotatable bonds is 8. The summed E-state index contributed by atoms with van der Waals surface area (Å²) in [6, 6.07) is 8.02. The molecule has 3 aromatic rings. The summed E-state index contributed by atoms with van der Waals surface area (Å²) in [5, 5.41) is 3.94. The number of hydrogen-bond donors (Lipinski definition) is 1. The summed E-state index contributed by atoms with van der Waals surface area (Å²) in [6.45, 7) is 6.53. The van der Waals surface area contributed by atoms with Crippen LogP contribution in [0, 0.1) is 13.8 Å². The van der Waals surface area contributed by atoms with E-state index >= 15 is 0 Å². The van der Waals surface area contributed by atoms with Gasteiger partial charge in [-0.15, -0.1) is 11.3 Å². The highest BCUT2D eigenvalue weighted by atomic mass is 32.1. The van der Waals surface area contributed by atoms with Gasteiger partial charge in [-0.2, -0.15) is 0 Å². The number of aromatic nitrogens is 2. The van der Waals surface area contributed by atoms with Crippen LogP contribution in [0.25, 0.3) is 10.2 Å². The molecule has 1 aromatic carbocycles. The predicted molar refractivity (Wildman–Crippen MR) is 123 cm³/mol. The van der Waals surface area contributed by atoms with Crippen LogP contribution in [0.15, 0.2) is 30.6 Å². The summed E-state index contributed by atoms with van der Waals surface area (Å²) in [4.78, 5) is 25.2. The zero-order chi connectivity index (χ0) is 21.8. The van der Waals surface area contributed by atoms with Gasteiger partial charge in [0.1, 0.15) is 29.3 Å². The lowest BCUT2D eigenvalue weighted by molar-refractivity contribution is 0.0860. The molecule has 0 spiro atoms. The first-order valence-electron chi connectivity index (χ1n) is 10.6. The maximum Gasteiger partial charge on any atom is 0.261 e. The largest absolute Gasteiger partial charge is 0.492 e. The minimum absolute atomic E-state index is 0.0766. The Balaban J connectivity index is 1.44. The summed E-state index contributed by atoms with van der Waals surface area (Å²) in [5.41, 5.74) is 2.11. The Morgan fingerprint density at radius 1 is 1.29 bits per heavy atom. The van der Waals surface area contributed by atoms with Gasteiger partial charge in [0.15, 0.2) is 0 Å². The third-order valence-corrected chi connectivity index (χ3v) is 6.70. The number of amides is 1. The smallest absolute Gasteiger partial charge is 0.261 e. The molecule has 1 aliphatic rings. The van der Waals surface area contributed by atoms with Crippen LogP contribution < -0.4 is 15.0 Å². The SMILES string of the molecule is Cc1ccc(OCCN(C)c2ncnc3sc(C(=O)NC[C@H]4CCCO4)c(C)c23)cc1. The van der Waals surface area contributed by atoms with Crippen molar-refractivity contribution in [3.05, 3.63) is 46.6 Å². The summed E-state index contributed by atoms with van der Waals surface area (Å²) in [6.07, 6.45) is 3.73. The van der Waals surface area contributed by atoms with Crippen LogP contribution in [0.3, 0.4) is 0 Å². The van der Waals surface area contributed by atoms with Crippen LogP contribution in [0.2, 0.25) is 0 Å². The van der Waals surface area contributed by atoms with Gasteiger partial charge in [0, 0.05) is 20.2 Å². The van der Waals surface area contributed by atoms with Gasteiger partial charge in [0.05, 0.1) is 22.9 Å². The number of likely N-dealkylation sites (N-methyl/N-ethyl adjacent to an activating group) is 1. The van der Waals surface area contributed by atoms with Gasteiger partial charge in [-0.3, -0.25) is 4.79 Å². The Hall–Kier alpha value is -2.71. The van der Waals surface area contributed by atoms with E-state index in [0.717, 1.165) is 46.8 Å². The molecule has 2 aromatic heterocycles. The van der Waals surface area contributed by atoms with Crippen molar-refractivity contribution >= 4 is 33.3 Å². The Morgan fingerprint density at radius 2 is 2.10 bits per heavy atom. The first-order chi connectivity index (χ1) is 15.0. The maximum atomic E-state index is 12.8. The van der Waals surface area contributed by atoms with E-state index in [-0.39, 0.29) is 12.0 Å². The number of carbonyl (C=O) groups excluding carboxylic acids is 1. The van der Waals surface area contributed by atoms with Crippen molar-refractivity contribution in [1.82, 2.24) is 15.3 Å². The monoisotopic (exact) mass is 440 g/mol. The number of thiophene rings is 1. The minimum atomic E-state index is -0.0766. The van der Waals surface area contributed by atoms with Gasteiger partial charge in [0.25, 0.3) is 5.91 Å². The van der Waals surface area contributed by atoms with E-state index in [2.05, 4.69) is 22.2 Å². The standard InChI is InChI=1S/C23H28N4O3S/c1-15-6-8-17(9-7-15)30-12-10-27(3)21-19-16(2)20(31-23(19)26-14-25-21)22(28)24-13-18-5-4-11-29-18/h6-9,14,18H,4-5,10-13H2,1-3H3,(H,24,28)/t18-/m1/s1. The van der Waals surface area contributed by atoms with E-state index in [4.69, 9.17) is 9.47 Å². The van der Waals surface area contributed by atoms with E-state index in [1.165, 1.54) is 16.9 Å². The summed E-state index contributed by atoms with van der Waals surface area (Å²) in [5.74, 6) is 1.58. The number of ether oxygens (including phenoxy) is 2. The number of carbonyl (C=O) groups is 1. The Bertz CT molecular complexity index is 1040. The fourth-order valence-corrected chi connectivity index (χ4v) is 4.75. The highest BCUT2D eigenvalue weighted by Crippen LogP contribution is 2.34. The lowest BCUT2D eigenvalue weighted by Gasteiger charge is -2.19. The number of anilines is 1. The third kappa shape index (κ3) is 4.97. The fourth-order valence-electron chi connectivity index (χ4n) is 3.69. The summed E-state index contributed by atoms with van der Waals surface area (Å²) < 4.78 is 11.5. The molecule has 7 nitrogen and oxygen atoms in total. The van der Waals surface area contributed by atoms with Crippen LogP contribution in [0.5, 0.6) is 5.75 Å². The third-order valence-electron chi connectivity index (χ3n) is 5.51. The number of hydrogen-bond acceptors (Lipinski definition) is 7. The van der Waals surface area contributed by atoms with E-state index in [0.29, 0.717) is 24.6 Å². The molecular weight excluding hydrogens is 412 g/mol. The Morgan fingerprint density at radius 3 is 2.84 bits per heavy atom. The van der Waals surface area contributed by atoms with Crippen LogP contribution in [0.4, 0.5) is 5.82 Å². The van der Waals surface area contributed by atoms with Gasteiger partial charge in [-0.25, -0.2) is 9.97 Å². The average Bonchev–Trinajstić information content (AvgIpc) is 3.41. The molecule has 0 saturated carbocycles. The number of nitrogens with one attached hydrogen (secondary N) is 1. The van der Waals surface area contributed by atoms with Crippen molar-refractivity contribution in [2.24, 2.45) is 0 Å². The Kier molecular flexibility index (Phi) is 6.67. The second-order valence-corrected chi connectivity index (χ2v) is 8.86. The van der Waals surface area contributed by atoms with Crippen molar-refractivity contribution in [3.63, 3.8) is 0 Å². The molecule has 4 rings (SSSR count). The zero-order valence-corrected chi connectivity index (χ0v) is 19.0. The number of aryl methyl sites for hydroxylation is 2. The molecule has 164 valence electrons. The van der Waals surface area contributed by atoms with Gasteiger partial charge in [-0.1, -0.05) is 17.7 Å². The first-order valence-corrected chi connectivity index (χ1v) is 11.4. The Labute approximate surface area is 186 Å². The molecule has 0 unspecified atom stereocenters.